The van der Waals surface area contributed by atoms with Crippen LogP contribution in [0.5, 0.6) is 0 Å². The smallest absolute Gasteiger partial charge is 0.245 e. The fourth-order valence-corrected chi connectivity index (χ4v) is 0.701. The second kappa shape index (κ2) is 7.76. The Balaban J connectivity index is 3.36. The van der Waals surface area contributed by atoms with E-state index in [0.717, 1.165) is 12.8 Å². The lowest BCUT2D eigenvalue weighted by molar-refractivity contribution is -0.123. The molecular weight excluding hydrogens is 170 g/mol. The zero-order valence-electron chi connectivity index (χ0n) is 8.19. The van der Waals surface area contributed by atoms with Crippen LogP contribution >= 0.6 is 0 Å². The van der Waals surface area contributed by atoms with Gasteiger partial charge in [-0.2, -0.15) is 0 Å². The molecular formula is C9H17NO3. The van der Waals surface area contributed by atoms with Crippen LogP contribution in [-0.4, -0.2) is 43.4 Å². The number of likely N-dealkylation sites (N-methyl/N-ethyl adjacent to an activating group) is 1. The summed E-state index contributed by atoms with van der Waals surface area (Å²) in [6.45, 7) is 0.289. The molecule has 0 aliphatic heterocycles. The number of aliphatic hydroxyl groups excluding tert-OH is 1. The maximum Gasteiger partial charge on any atom is 0.245 e. The van der Waals surface area contributed by atoms with E-state index in [1.54, 1.807) is 20.2 Å². The molecule has 0 fully saturated rings. The van der Waals surface area contributed by atoms with E-state index >= 15 is 0 Å². The summed E-state index contributed by atoms with van der Waals surface area (Å²) >= 11 is 0. The lowest BCUT2D eigenvalue weighted by Crippen LogP contribution is -2.18. The molecule has 1 N–H and O–H groups in total. The van der Waals surface area contributed by atoms with Gasteiger partial charge in [-0.15, -0.1) is 0 Å². The molecule has 4 nitrogen and oxygen atoms in total. The molecule has 0 saturated heterocycles. The first-order chi connectivity index (χ1) is 6.18. The highest BCUT2D eigenvalue weighted by molar-refractivity contribution is 5.86. The zero-order chi connectivity index (χ0) is 10.1. The summed E-state index contributed by atoms with van der Waals surface area (Å²) in [5.74, 6) is -0.0110. The van der Waals surface area contributed by atoms with Crippen LogP contribution in [0.1, 0.15) is 12.8 Å². The molecule has 0 bridgehead atoms. The predicted octanol–water partition coefficient (Wildman–Crippen LogP) is 0.377. The van der Waals surface area contributed by atoms with Gasteiger partial charge >= 0.3 is 0 Å². The Bertz CT molecular complexity index is 166. The van der Waals surface area contributed by atoms with Crippen molar-refractivity contribution in [2.24, 2.45) is 0 Å². The van der Waals surface area contributed by atoms with Crippen molar-refractivity contribution in [2.45, 2.75) is 12.8 Å². The van der Waals surface area contributed by atoms with Gasteiger partial charge in [-0.1, -0.05) is 6.08 Å². The van der Waals surface area contributed by atoms with E-state index < -0.39 is 0 Å². The molecule has 0 aliphatic rings. The predicted molar refractivity (Wildman–Crippen MR) is 50.1 cm³/mol. The summed E-state index contributed by atoms with van der Waals surface area (Å²) in [5, 5.41) is 8.28. The third-order valence-corrected chi connectivity index (χ3v) is 1.45. The Morgan fingerprint density at radius 3 is 2.77 bits per heavy atom. The normalized spacial score (nSPS) is 10.7. The molecule has 0 aromatic heterocycles. The first kappa shape index (κ1) is 12.1. The van der Waals surface area contributed by atoms with Crippen LogP contribution in [0, 0.1) is 0 Å². The van der Waals surface area contributed by atoms with Crippen molar-refractivity contribution in [3.63, 3.8) is 0 Å². The summed E-state index contributed by atoms with van der Waals surface area (Å²) in [7, 11) is 3.42. The third-order valence-electron chi connectivity index (χ3n) is 1.45. The van der Waals surface area contributed by atoms with Gasteiger partial charge in [0.25, 0.3) is 0 Å². The van der Waals surface area contributed by atoms with Crippen LogP contribution in [-0.2, 0) is 9.53 Å². The lowest BCUT2D eigenvalue weighted by Gasteiger charge is -2.04. The third kappa shape index (κ3) is 7.49. The number of carbonyl (C=O) groups excluding carboxylic acids is 1. The van der Waals surface area contributed by atoms with Crippen LogP contribution in [0.3, 0.4) is 0 Å². The van der Waals surface area contributed by atoms with Gasteiger partial charge in [0.15, 0.2) is 0 Å². The van der Waals surface area contributed by atoms with E-state index in [4.69, 9.17) is 9.84 Å². The minimum atomic E-state index is -0.236. The number of ether oxygens (including phenoxy) is 1. The molecule has 13 heavy (non-hydrogen) atoms. The average molecular weight is 187 g/mol. The van der Waals surface area contributed by atoms with Crippen LogP contribution in [0.2, 0.25) is 0 Å². The highest BCUT2D eigenvalue weighted by Crippen LogP contribution is 1.92. The monoisotopic (exact) mass is 187 g/mol. The Hall–Kier alpha value is -0.870. The molecule has 0 aromatic carbocycles. The van der Waals surface area contributed by atoms with Crippen molar-refractivity contribution in [1.29, 1.82) is 0 Å². The maximum absolute atomic E-state index is 11.0. The van der Waals surface area contributed by atoms with Crippen molar-refractivity contribution >= 4 is 5.91 Å². The number of allylic oxidation sites excluding steroid dienone is 1. The Kier molecular flexibility index (Phi) is 7.24. The number of hydrogen-bond acceptors (Lipinski definition) is 3. The van der Waals surface area contributed by atoms with E-state index in [0.29, 0.717) is 6.61 Å². The van der Waals surface area contributed by atoms with E-state index in [1.807, 2.05) is 6.08 Å². The second-order valence-electron chi connectivity index (χ2n) is 2.81. The van der Waals surface area contributed by atoms with E-state index in [2.05, 4.69) is 0 Å². The molecule has 76 valence electrons. The molecule has 0 atom stereocenters. The summed E-state index contributed by atoms with van der Waals surface area (Å²) in [4.78, 5) is 12.5. The van der Waals surface area contributed by atoms with E-state index in [9.17, 15) is 4.79 Å². The number of unbranched alkanes of at least 4 members (excludes halogenated alkanes) is 1. The molecule has 0 rings (SSSR count). The van der Waals surface area contributed by atoms with Gasteiger partial charge in [0, 0.05) is 20.7 Å². The summed E-state index contributed by atoms with van der Waals surface area (Å²) in [6, 6.07) is 0. The molecule has 0 aliphatic carbocycles. The summed E-state index contributed by atoms with van der Waals surface area (Å²) < 4.78 is 4.71. The highest BCUT2D eigenvalue weighted by Gasteiger charge is 1.95. The van der Waals surface area contributed by atoms with Crippen molar-refractivity contribution in [2.75, 3.05) is 27.5 Å². The molecule has 0 radical (unpaired) electrons. The second-order valence-corrected chi connectivity index (χ2v) is 2.81. The van der Waals surface area contributed by atoms with Crippen molar-refractivity contribution in [1.82, 2.24) is 4.90 Å². The molecule has 1 amide bonds. The Labute approximate surface area is 78.8 Å². The molecule has 0 aromatic rings. The molecule has 0 heterocycles. The average Bonchev–Trinajstić information content (AvgIpc) is 2.10. The van der Waals surface area contributed by atoms with Gasteiger partial charge in [-0.3, -0.25) is 4.79 Å². The molecule has 0 unspecified atom stereocenters. The maximum atomic E-state index is 11.0. The van der Waals surface area contributed by atoms with Crippen molar-refractivity contribution in [3.05, 3.63) is 12.2 Å². The van der Waals surface area contributed by atoms with E-state index in [-0.39, 0.29) is 12.7 Å². The SMILES string of the molecule is CN(C)C(=O)/C=C/CCCOCO. The summed E-state index contributed by atoms with van der Waals surface area (Å²) in [6.07, 6.45) is 4.96. The van der Waals surface area contributed by atoms with Crippen LogP contribution in [0.4, 0.5) is 0 Å². The number of aliphatic hydroxyl groups is 1. The largest absolute Gasteiger partial charge is 0.371 e. The van der Waals surface area contributed by atoms with Gasteiger partial charge in [-0.05, 0) is 18.9 Å². The number of rotatable bonds is 6. The fraction of sp³-hybridized carbons (Fsp3) is 0.667. The van der Waals surface area contributed by atoms with E-state index in [1.165, 1.54) is 4.90 Å². The van der Waals surface area contributed by atoms with Gasteiger partial charge in [0.2, 0.25) is 5.91 Å². The number of nitrogens with zero attached hydrogens (tertiary/aromatic N) is 1. The van der Waals surface area contributed by atoms with Crippen molar-refractivity contribution in [3.8, 4) is 0 Å². The van der Waals surface area contributed by atoms with Gasteiger partial charge in [0.1, 0.15) is 6.79 Å². The topological polar surface area (TPSA) is 49.8 Å². The Morgan fingerprint density at radius 2 is 2.23 bits per heavy atom. The minimum Gasteiger partial charge on any atom is -0.371 e. The van der Waals surface area contributed by atoms with Crippen LogP contribution in [0.15, 0.2) is 12.2 Å². The van der Waals surface area contributed by atoms with Crippen LogP contribution in [0.25, 0.3) is 0 Å². The quantitative estimate of drug-likeness (QED) is 0.371. The van der Waals surface area contributed by atoms with Crippen molar-refractivity contribution < 1.29 is 14.6 Å². The molecule has 4 heteroatoms. The van der Waals surface area contributed by atoms with Gasteiger partial charge < -0.3 is 14.7 Å². The number of carbonyl (C=O) groups is 1. The Morgan fingerprint density at radius 1 is 1.54 bits per heavy atom. The van der Waals surface area contributed by atoms with Gasteiger partial charge in [-0.25, -0.2) is 0 Å². The number of amides is 1. The molecule has 0 spiro atoms. The molecule has 0 saturated carbocycles. The first-order valence-corrected chi connectivity index (χ1v) is 4.25. The van der Waals surface area contributed by atoms with Crippen LogP contribution < -0.4 is 0 Å². The first-order valence-electron chi connectivity index (χ1n) is 4.25. The van der Waals surface area contributed by atoms with Gasteiger partial charge in [0.05, 0.1) is 0 Å². The lowest BCUT2D eigenvalue weighted by atomic mass is 10.3. The highest BCUT2D eigenvalue weighted by atomic mass is 16.6. The summed E-state index contributed by atoms with van der Waals surface area (Å²) in [5.41, 5.74) is 0. The zero-order valence-corrected chi connectivity index (χ0v) is 8.19. The number of hydrogen-bond donors (Lipinski definition) is 1. The minimum absolute atomic E-state index is 0.0110. The standard InChI is InChI=1S/C9H17NO3/c1-10(2)9(12)6-4-3-5-7-13-8-11/h4,6,11H,3,5,7-8H2,1-2H3/b6-4+. The fourth-order valence-electron chi connectivity index (χ4n) is 0.701.